The Kier molecular flexibility index (Phi) is 3.93. The number of halogens is 1. The van der Waals surface area contributed by atoms with Gasteiger partial charge < -0.3 is 4.74 Å². The molecule has 0 aromatic carbocycles. The maximum absolute atomic E-state index is 11.9. The second-order valence-electron chi connectivity index (χ2n) is 3.72. The van der Waals surface area contributed by atoms with Crippen LogP contribution in [0.15, 0.2) is 17.3 Å². The van der Waals surface area contributed by atoms with Crippen LogP contribution in [0.5, 0.6) is 0 Å². The van der Waals surface area contributed by atoms with Crippen LogP contribution in [0.1, 0.15) is 12.8 Å². The van der Waals surface area contributed by atoms with Crippen molar-refractivity contribution in [1.82, 2.24) is 14.7 Å². The third-order valence-electron chi connectivity index (χ3n) is 2.39. The average Bonchev–Trinajstić information content (AvgIpc) is 2.30. The minimum absolute atomic E-state index is 0.00692. The Morgan fingerprint density at radius 1 is 1.41 bits per heavy atom. The molecule has 0 spiro atoms. The van der Waals surface area contributed by atoms with Crippen molar-refractivity contribution in [3.8, 4) is 0 Å². The minimum Gasteiger partial charge on any atom is -0.380 e. The maximum Gasteiger partial charge on any atom is 0.243 e. The number of nitrogens with zero attached hydrogens (tertiary/aromatic N) is 2. The zero-order valence-corrected chi connectivity index (χ0v) is 10.5. The van der Waals surface area contributed by atoms with E-state index < -0.39 is 10.0 Å². The Morgan fingerprint density at radius 2 is 2.12 bits per heavy atom. The molecule has 2 heterocycles. The Balaban J connectivity index is 2.10. The maximum atomic E-state index is 11.9. The topological polar surface area (TPSA) is 81.2 Å². The number of sulfonamides is 1. The molecular weight excluding hydrogens is 266 g/mol. The van der Waals surface area contributed by atoms with Crippen molar-refractivity contribution in [2.45, 2.75) is 23.8 Å². The predicted molar refractivity (Wildman–Crippen MR) is 61.2 cm³/mol. The summed E-state index contributed by atoms with van der Waals surface area (Å²) >= 11 is 5.50. The Labute approximate surface area is 104 Å². The van der Waals surface area contributed by atoms with Crippen molar-refractivity contribution in [2.75, 3.05) is 13.2 Å². The van der Waals surface area contributed by atoms with E-state index in [4.69, 9.17) is 16.3 Å². The lowest BCUT2D eigenvalue weighted by Gasteiger charge is -2.22. The monoisotopic (exact) mass is 277 g/mol. The van der Waals surface area contributed by atoms with Gasteiger partial charge in [0.05, 0.1) is 19.0 Å². The van der Waals surface area contributed by atoms with Crippen molar-refractivity contribution >= 4 is 21.6 Å². The van der Waals surface area contributed by atoms with Crippen LogP contribution in [0.25, 0.3) is 0 Å². The molecule has 1 atom stereocenters. The number of rotatable bonds is 3. The summed E-state index contributed by atoms with van der Waals surface area (Å²) in [5.41, 5.74) is 0. The van der Waals surface area contributed by atoms with Crippen molar-refractivity contribution in [2.24, 2.45) is 0 Å². The molecule has 0 aliphatic carbocycles. The molecule has 1 aliphatic heterocycles. The van der Waals surface area contributed by atoms with Gasteiger partial charge >= 0.3 is 0 Å². The third kappa shape index (κ3) is 3.35. The Morgan fingerprint density at radius 3 is 2.71 bits per heavy atom. The summed E-state index contributed by atoms with van der Waals surface area (Å²) in [5.74, 6) is 0. The van der Waals surface area contributed by atoms with Crippen LogP contribution in [-0.2, 0) is 14.8 Å². The Hall–Kier alpha value is -0.760. The summed E-state index contributed by atoms with van der Waals surface area (Å²) in [5, 5.41) is 0.0185. The Bertz CT molecular complexity index is 471. The van der Waals surface area contributed by atoms with Gasteiger partial charge in [0.2, 0.25) is 15.3 Å². The zero-order valence-electron chi connectivity index (χ0n) is 8.97. The van der Waals surface area contributed by atoms with Gasteiger partial charge in [-0.2, -0.15) is 0 Å². The summed E-state index contributed by atoms with van der Waals surface area (Å²) in [6.45, 7) is 1.08. The molecule has 1 saturated heterocycles. The summed E-state index contributed by atoms with van der Waals surface area (Å²) in [7, 11) is -3.59. The number of hydrogen-bond donors (Lipinski definition) is 1. The molecule has 1 aromatic rings. The van der Waals surface area contributed by atoms with Crippen molar-refractivity contribution in [3.63, 3.8) is 0 Å². The van der Waals surface area contributed by atoms with Crippen LogP contribution in [0.4, 0.5) is 0 Å². The molecule has 0 saturated carbocycles. The fraction of sp³-hybridized carbons (Fsp3) is 0.556. The van der Waals surface area contributed by atoms with Crippen LogP contribution in [0.3, 0.4) is 0 Å². The first-order valence-corrected chi connectivity index (χ1v) is 7.02. The second kappa shape index (κ2) is 5.26. The normalized spacial score (nSPS) is 21.4. The van der Waals surface area contributed by atoms with Gasteiger partial charge in [-0.3, -0.25) is 0 Å². The van der Waals surface area contributed by atoms with Gasteiger partial charge in [0.15, 0.2) is 0 Å². The van der Waals surface area contributed by atoms with E-state index in [1.807, 2.05) is 0 Å². The number of nitrogens with one attached hydrogen (secondary N) is 1. The number of ether oxygens (including phenoxy) is 1. The van der Waals surface area contributed by atoms with Crippen LogP contribution in [-0.4, -0.2) is 37.6 Å². The van der Waals surface area contributed by atoms with Crippen molar-refractivity contribution < 1.29 is 13.2 Å². The largest absolute Gasteiger partial charge is 0.380 e. The van der Waals surface area contributed by atoms with E-state index in [0.717, 1.165) is 12.8 Å². The fourth-order valence-corrected chi connectivity index (χ4v) is 2.80. The number of hydrogen-bond acceptors (Lipinski definition) is 5. The van der Waals surface area contributed by atoms with Gasteiger partial charge in [-0.1, -0.05) is 0 Å². The molecule has 17 heavy (non-hydrogen) atoms. The van der Waals surface area contributed by atoms with E-state index in [-0.39, 0.29) is 16.2 Å². The highest BCUT2D eigenvalue weighted by atomic mass is 35.5. The molecule has 1 unspecified atom stereocenters. The summed E-state index contributed by atoms with van der Waals surface area (Å²) in [6.07, 6.45) is 3.99. The minimum atomic E-state index is -3.59. The first-order chi connectivity index (χ1) is 8.08. The van der Waals surface area contributed by atoms with E-state index in [1.165, 1.54) is 12.4 Å². The van der Waals surface area contributed by atoms with Gasteiger partial charge in [0.1, 0.15) is 4.90 Å². The summed E-state index contributed by atoms with van der Waals surface area (Å²) < 4.78 is 31.6. The van der Waals surface area contributed by atoms with Crippen LogP contribution in [0, 0.1) is 0 Å². The summed E-state index contributed by atoms with van der Waals surface area (Å²) in [4.78, 5) is 7.29. The molecule has 94 valence electrons. The highest BCUT2D eigenvalue weighted by Gasteiger charge is 2.22. The van der Waals surface area contributed by atoms with Gasteiger partial charge in [-0.15, -0.1) is 0 Å². The SMILES string of the molecule is O=S(=O)(NC1CCCOC1)c1cnc(Cl)nc1. The zero-order chi connectivity index (χ0) is 12.3. The molecule has 1 fully saturated rings. The van der Waals surface area contributed by atoms with Crippen molar-refractivity contribution in [1.29, 1.82) is 0 Å². The summed E-state index contributed by atoms with van der Waals surface area (Å²) in [6, 6.07) is -0.190. The van der Waals surface area contributed by atoms with Crippen LogP contribution >= 0.6 is 11.6 Å². The molecule has 0 bridgehead atoms. The predicted octanol–water partition coefficient (Wildman–Crippen LogP) is 0.587. The molecule has 0 radical (unpaired) electrons. The molecular formula is C9H12ClN3O3S. The number of aromatic nitrogens is 2. The lowest BCUT2D eigenvalue weighted by atomic mass is 10.1. The van der Waals surface area contributed by atoms with Gasteiger partial charge in [-0.25, -0.2) is 23.1 Å². The first-order valence-electron chi connectivity index (χ1n) is 5.15. The molecule has 1 aromatic heterocycles. The highest BCUT2D eigenvalue weighted by Crippen LogP contribution is 2.12. The smallest absolute Gasteiger partial charge is 0.243 e. The lowest BCUT2D eigenvalue weighted by Crippen LogP contribution is -2.40. The van der Waals surface area contributed by atoms with E-state index in [9.17, 15) is 8.42 Å². The van der Waals surface area contributed by atoms with Gasteiger partial charge in [-0.05, 0) is 24.4 Å². The third-order valence-corrected chi connectivity index (χ3v) is 4.06. The fourth-order valence-electron chi connectivity index (χ4n) is 1.56. The average molecular weight is 278 g/mol. The first kappa shape index (κ1) is 12.7. The van der Waals surface area contributed by atoms with E-state index in [0.29, 0.717) is 13.2 Å². The quantitative estimate of drug-likeness (QED) is 0.818. The second-order valence-corrected chi connectivity index (χ2v) is 5.78. The van der Waals surface area contributed by atoms with E-state index >= 15 is 0 Å². The molecule has 0 amide bonds. The van der Waals surface area contributed by atoms with E-state index in [2.05, 4.69) is 14.7 Å². The molecule has 1 aliphatic rings. The standard InChI is InChI=1S/C9H12ClN3O3S/c10-9-11-4-8(5-12-9)17(14,15)13-7-2-1-3-16-6-7/h4-5,7,13H,1-3,6H2. The molecule has 8 heteroatoms. The molecule has 1 N–H and O–H groups in total. The molecule has 6 nitrogen and oxygen atoms in total. The highest BCUT2D eigenvalue weighted by molar-refractivity contribution is 7.89. The van der Waals surface area contributed by atoms with Crippen LogP contribution in [0.2, 0.25) is 5.28 Å². The van der Waals surface area contributed by atoms with Gasteiger partial charge in [0.25, 0.3) is 0 Å². The van der Waals surface area contributed by atoms with Crippen LogP contribution < -0.4 is 4.72 Å². The lowest BCUT2D eigenvalue weighted by molar-refractivity contribution is 0.0774. The van der Waals surface area contributed by atoms with Gasteiger partial charge in [0, 0.05) is 12.6 Å². The van der Waals surface area contributed by atoms with E-state index in [1.54, 1.807) is 0 Å². The molecule has 2 rings (SSSR count). The van der Waals surface area contributed by atoms with Crippen molar-refractivity contribution in [3.05, 3.63) is 17.7 Å².